The number of hydrogen-bond acceptors (Lipinski definition) is 6. The maximum Gasteiger partial charge on any atom is 0.285 e. The van der Waals surface area contributed by atoms with Crippen molar-refractivity contribution in [2.45, 2.75) is 32.5 Å². The molecule has 0 spiro atoms. The number of aromatic nitrogens is 4. The topological polar surface area (TPSA) is 96.3 Å². The number of carbonyl (C=O) groups excluding carboxylic acids is 1. The third-order valence-corrected chi connectivity index (χ3v) is 6.74. The van der Waals surface area contributed by atoms with Gasteiger partial charge in [0, 0.05) is 42.9 Å². The van der Waals surface area contributed by atoms with E-state index in [4.69, 9.17) is 21.4 Å². The number of fused-ring (bicyclic) bond motifs is 1. The lowest BCUT2D eigenvalue weighted by atomic mass is 10.0. The number of carbonyl (C=O) groups is 1. The van der Waals surface area contributed by atoms with Crippen molar-refractivity contribution in [3.8, 4) is 0 Å². The summed E-state index contributed by atoms with van der Waals surface area (Å²) in [7, 11) is 0. The zero-order valence-corrected chi connectivity index (χ0v) is 19.5. The van der Waals surface area contributed by atoms with Crippen LogP contribution in [0, 0.1) is 0 Å². The van der Waals surface area contributed by atoms with Gasteiger partial charge in [0.15, 0.2) is 0 Å². The second kappa shape index (κ2) is 9.74. The van der Waals surface area contributed by atoms with Crippen LogP contribution in [0.5, 0.6) is 0 Å². The zero-order valence-electron chi connectivity index (χ0n) is 18.7. The van der Waals surface area contributed by atoms with Crippen LogP contribution in [-0.4, -0.2) is 57.1 Å². The number of nitrogens with one attached hydrogen (secondary N) is 1. The normalized spacial score (nSPS) is 16.2. The molecule has 1 saturated heterocycles. The third-order valence-electron chi connectivity index (χ3n) is 6.37. The Morgan fingerprint density at radius 1 is 1.17 bits per heavy atom. The van der Waals surface area contributed by atoms with E-state index in [-0.39, 0.29) is 36.2 Å². The second-order valence-corrected chi connectivity index (χ2v) is 8.84. The lowest BCUT2D eigenvalue weighted by Crippen LogP contribution is -2.41. The van der Waals surface area contributed by atoms with Gasteiger partial charge in [-0.25, -0.2) is 13.9 Å². The molecular formula is C23H23ClF2N6O3. The SMILES string of the molecule is O=C1COCCN1Cc1nn(Cc2ccccc2C(F)F)c2c1CN(c1cn[nH]c(=O)c1Cl)CC2. The Morgan fingerprint density at radius 3 is 2.80 bits per heavy atom. The third kappa shape index (κ3) is 4.65. The molecule has 0 saturated carbocycles. The second-order valence-electron chi connectivity index (χ2n) is 8.47. The van der Waals surface area contributed by atoms with E-state index < -0.39 is 12.0 Å². The first-order valence-electron chi connectivity index (χ1n) is 11.2. The van der Waals surface area contributed by atoms with E-state index in [1.165, 1.54) is 12.3 Å². The average molecular weight is 505 g/mol. The van der Waals surface area contributed by atoms with Gasteiger partial charge in [-0.2, -0.15) is 10.2 Å². The van der Waals surface area contributed by atoms with Gasteiger partial charge < -0.3 is 14.5 Å². The summed E-state index contributed by atoms with van der Waals surface area (Å²) in [6, 6.07) is 6.43. The number of aromatic amines is 1. The molecule has 2 aromatic heterocycles. The first kappa shape index (κ1) is 23.4. The molecule has 35 heavy (non-hydrogen) atoms. The van der Waals surface area contributed by atoms with E-state index in [0.29, 0.717) is 49.6 Å². The molecule has 1 N–H and O–H groups in total. The van der Waals surface area contributed by atoms with E-state index >= 15 is 0 Å². The summed E-state index contributed by atoms with van der Waals surface area (Å²) < 4.78 is 34.2. The zero-order chi connectivity index (χ0) is 24.5. The van der Waals surface area contributed by atoms with Crippen molar-refractivity contribution >= 4 is 23.2 Å². The molecule has 1 fully saturated rings. The van der Waals surface area contributed by atoms with Crippen molar-refractivity contribution in [2.75, 3.05) is 31.2 Å². The highest BCUT2D eigenvalue weighted by Crippen LogP contribution is 2.31. The first-order chi connectivity index (χ1) is 16.9. The summed E-state index contributed by atoms with van der Waals surface area (Å²) in [5.41, 5.74) is 2.98. The molecule has 5 rings (SSSR count). The molecule has 3 aromatic rings. The van der Waals surface area contributed by atoms with Gasteiger partial charge in [0.05, 0.1) is 37.3 Å². The van der Waals surface area contributed by atoms with E-state index in [2.05, 4.69) is 10.2 Å². The monoisotopic (exact) mass is 504 g/mol. The Balaban J connectivity index is 1.52. The Morgan fingerprint density at radius 2 is 2.00 bits per heavy atom. The lowest BCUT2D eigenvalue weighted by molar-refractivity contribution is -0.143. The highest BCUT2D eigenvalue weighted by atomic mass is 35.5. The van der Waals surface area contributed by atoms with Gasteiger partial charge in [0.2, 0.25) is 5.91 Å². The van der Waals surface area contributed by atoms with Crippen LogP contribution in [0.3, 0.4) is 0 Å². The van der Waals surface area contributed by atoms with Crippen LogP contribution >= 0.6 is 11.6 Å². The van der Waals surface area contributed by atoms with Gasteiger partial charge >= 0.3 is 0 Å². The quantitative estimate of drug-likeness (QED) is 0.554. The molecule has 4 heterocycles. The number of H-pyrrole nitrogens is 1. The van der Waals surface area contributed by atoms with Crippen molar-refractivity contribution in [3.05, 3.63) is 73.9 Å². The average Bonchev–Trinajstić information content (AvgIpc) is 3.18. The maximum atomic E-state index is 13.6. The molecule has 0 bridgehead atoms. The molecule has 12 heteroatoms. The molecule has 0 radical (unpaired) electrons. The van der Waals surface area contributed by atoms with Crippen molar-refractivity contribution in [1.29, 1.82) is 0 Å². The van der Waals surface area contributed by atoms with Crippen LogP contribution in [0.2, 0.25) is 5.02 Å². The molecule has 9 nitrogen and oxygen atoms in total. The van der Waals surface area contributed by atoms with Crippen LogP contribution in [0.15, 0.2) is 35.3 Å². The Hall–Kier alpha value is -3.31. The van der Waals surface area contributed by atoms with Crippen molar-refractivity contribution in [2.24, 2.45) is 0 Å². The van der Waals surface area contributed by atoms with E-state index in [0.717, 1.165) is 11.3 Å². The van der Waals surface area contributed by atoms with E-state index in [1.54, 1.807) is 27.8 Å². The molecule has 1 aromatic carbocycles. The minimum absolute atomic E-state index is 0.0187. The minimum Gasteiger partial charge on any atom is -0.370 e. The molecule has 2 aliphatic heterocycles. The summed E-state index contributed by atoms with van der Waals surface area (Å²) in [5.74, 6) is -0.128. The van der Waals surface area contributed by atoms with Gasteiger partial charge in [0.25, 0.3) is 12.0 Å². The lowest BCUT2D eigenvalue weighted by Gasteiger charge is -2.31. The van der Waals surface area contributed by atoms with Crippen molar-refractivity contribution in [1.82, 2.24) is 24.9 Å². The molecular weight excluding hydrogens is 482 g/mol. The molecule has 184 valence electrons. The van der Waals surface area contributed by atoms with Crippen LogP contribution in [0.1, 0.15) is 34.5 Å². The first-order valence-corrected chi connectivity index (χ1v) is 11.6. The molecule has 0 aliphatic carbocycles. The number of amides is 1. The van der Waals surface area contributed by atoms with E-state index in [1.807, 2.05) is 4.90 Å². The number of morpholine rings is 1. The van der Waals surface area contributed by atoms with Gasteiger partial charge in [-0.3, -0.25) is 14.3 Å². The number of alkyl halides is 2. The summed E-state index contributed by atoms with van der Waals surface area (Å²) in [4.78, 5) is 28.0. The van der Waals surface area contributed by atoms with Crippen LogP contribution in [0.4, 0.5) is 14.5 Å². The van der Waals surface area contributed by atoms with Crippen molar-refractivity contribution in [3.63, 3.8) is 0 Å². The molecule has 0 unspecified atom stereocenters. The van der Waals surface area contributed by atoms with E-state index in [9.17, 15) is 18.4 Å². The number of anilines is 1. The number of hydrogen-bond donors (Lipinski definition) is 1. The maximum absolute atomic E-state index is 13.6. The molecule has 2 aliphatic rings. The number of rotatable bonds is 6. The molecule has 0 atom stereocenters. The highest BCUT2D eigenvalue weighted by Gasteiger charge is 2.29. The number of nitrogens with zero attached hydrogens (tertiary/aromatic N) is 5. The van der Waals surface area contributed by atoms with Crippen LogP contribution in [0.25, 0.3) is 0 Å². The van der Waals surface area contributed by atoms with Gasteiger partial charge in [-0.05, 0) is 5.56 Å². The number of halogens is 3. The fourth-order valence-corrected chi connectivity index (χ4v) is 4.78. The van der Waals surface area contributed by atoms with Gasteiger partial charge in [-0.1, -0.05) is 35.9 Å². The Kier molecular flexibility index (Phi) is 6.52. The number of ether oxygens (including phenoxy) is 1. The fraction of sp³-hybridized carbons (Fsp3) is 0.391. The largest absolute Gasteiger partial charge is 0.370 e. The Labute approximate surface area is 204 Å². The predicted octanol–water partition coefficient (Wildman–Crippen LogP) is 2.53. The summed E-state index contributed by atoms with van der Waals surface area (Å²) >= 11 is 6.24. The Bertz CT molecular complexity index is 1310. The highest BCUT2D eigenvalue weighted by molar-refractivity contribution is 6.33. The van der Waals surface area contributed by atoms with Crippen LogP contribution < -0.4 is 10.5 Å². The summed E-state index contributed by atoms with van der Waals surface area (Å²) in [6.45, 7) is 2.31. The van der Waals surface area contributed by atoms with Crippen molar-refractivity contribution < 1.29 is 18.3 Å². The summed E-state index contributed by atoms with van der Waals surface area (Å²) in [6.07, 6.45) is -0.535. The predicted molar refractivity (Wildman–Crippen MR) is 124 cm³/mol. The van der Waals surface area contributed by atoms with Gasteiger partial charge in [0.1, 0.15) is 11.6 Å². The smallest absolute Gasteiger partial charge is 0.285 e. The number of benzene rings is 1. The summed E-state index contributed by atoms with van der Waals surface area (Å²) in [5, 5.41) is 11.0. The van der Waals surface area contributed by atoms with Crippen LogP contribution in [-0.2, 0) is 35.6 Å². The molecule has 1 amide bonds. The minimum atomic E-state index is -2.59. The standard InChI is InChI=1S/C23H23ClF2N6O3/c24-21-19(9-27-28-23(21)34)30-6-5-18-16(11-30)17(12-31-7-8-35-13-20(31)33)29-32(18)10-14-3-1-2-4-15(14)22(25)26/h1-4,9,22H,5-8,10-13H2,(H,28,34). The fourth-order valence-electron chi connectivity index (χ4n) is 4.57. The van der Waals surface area contributed by atoms with Gasteiger partial charge in [-0.15, -0.1) is 0 Å².